The summed E-state index contributed by atoms with van der Waals surface area (Å²) >= 11 is 0. The Morgan fingerprint density at radius 2 is 1.84 bits per heavy atom. The summed E-state index contributed by atoms with van der Waals surface area (Å²) in [6.07, 6.45) is 0. The monoisotopic (exact) mass is 255 g/mol. The molecule has 0 aliphatic heterocycles. The van der Waals surface area contributed by atoms with Gasteiger partial charge in [-0.05, 0) is 28.8 Å². The third-order valence-corrected chi connectivity index (χ3v) is 2.98. The van der Waals surface area contributed by atoms with Crippen molar-refractivity contribution in [3.8, 4) is 11.1 Å². The maximum Gasteiger partial charge on any atom is 0.253 e. The molecule has 0 saturated carbocycles. The Morgan fingerprint density at radius 3 is 2.53 bits per heavy atom. The molecule has 3 nitrogen and oxygen atoms in total. The second-order valence-electron chi connectivity index (χ2n) is 4.60. The molecule has 0 saturated heterocycles. The lowest BCUT2D eigenvalue weighted by atomic mass is 9.97. The van der Waals surface area contributed by atoms with Crippen LogP contribution in [0, 0.1) is 0 Å². The van der Waals surface area contributed by atoms with E-state index in [0.29, 0.717) is 5.56 Å². The molecule has 0 aromatic heterocycles. The Kier molecular flexibility index (Phi) is 3.97. The van der Waals surface area contributed by atoms with Gasteiger partial charge in [0.05, 0.1) is 6.61 Å². The fourth-order valence-corrected chi connectivity index (χ4v) is 2.00. The zero-order valence-electron chi connectivity index (χ0n) is 11.1. The molecule has 2 aromatic carbocycles. The van der Waals surface area contributed by atoms with Crippen molar-refractivity contribution in [3.05, 3.63) is 59.7 Å². The molecule has 98 valence electrons. The fourth-order valence-electron chi connectivity index (χ4n) is 2.00. The van der Waals surface area contributed by atoms with Crippen LogP contribution in [-0.2, 0) is 6.61 Å². The van der Waals surface area contributed by atoms with Gasteiger partial charge >= 0.3 is 0 Å². The maximum atomic E-state index is 12.2. The number of hydrogen-bond donors (Lipinski definition) is 1. The molecule has 0 atom stereocenters. The second kappa shape index (κ2) is 5.67. The Labute approximate surface area is 113 Å². The third kappa shape index (κ3) is 2.83. The maximum absolute atomic E-state index is 12.2. The molecule has 0 aliphatic rings. The van der Waals surface area contributed by atoms with E-state index in [4.69, 9.17) is 0 Å². The first-order chi connectivity index (χ1) is 9.13. The lowest BCUT2D eigenvalue weighted by molar-refractivity contribution is 0.0828. The summed E-state index contributed by atoms with van der Waals surface area (Å²) in [5, 5.41) is 9.20. The largest absolute Gasteiger partial charge is 0.392 e. The smallest absolute Gasteiger partial charge is 0.253 e. The number of hydrogen-bond acceptors (Lipinski definition) is 2. The van der Waals surface area contributed by atoms with Crippen molar-refractivity contribution >= 4 is 5.91 Å². The number of benzene rings is 2. The lowest BCUT2D eigenvalue weighted by Crippen LogP contribution is -2.22. The van der Waals surface area contributed by atoms with Gasteiger partial charge in [0, 0.05) is 19.7 Å². The molecule has 0 unspecified atom stereocenters. The zero-order valence-corrected chi connectivity index (χ0v) is 11.1. The highest BCUT2D eigenvalue weighted by Crippen LogP contribution is 2.25. The van der Waals surface area contributed by atoms with Crippen molar-refractivity contribution in [2.24, 2.45) is 0 Å². The minimum atomic E-state index is -0.0231. The molecule has 0 aliphatic carbocycles. The molecule has 1 N–H and O–H groups in total. The minimum Gasteiger partial charge on any atom is -0.392 e. The second-order valence-corrected chi connectivity index (χ2v) is 4.60. The van der Waals surface area contributed by atoms with Crippen LogP contribution in [0.2, 0.25) is 0 Å². The van der Waals surface area contributed by atoms with Crippen LogP contribution >= 0.6 is 0 Å². The fraction of sp³-hybridized carbons (Fsp3) is 0.188. The van der Waals surface area contributed by atoms with E-state index >= 15 is 0 Å². The van der Waals surface area contributed by atoms with Crippen molar-refractivity contribution in [2.75, 3.05) is 14.1 Å². The van der Waals surface area contributed by atoms with Gasteiger partial charge in [-0.15, -0.1) is 0 Å². The summed E-state index contributed by atoms with van der Waals surface area (Å²) in [5.41, 5.74) is 3.33. The van der Waals surface area contributed by atoms with Gasteiger partial charge in [-0.1, -0.05) is 36.4 Å². The summed E-state index contributed by atoms with van der Waals surface area (Å²) in [4.78, 5) is 13.7. The Bertz CT molecular complexity index is 591. The molecule has 0 spiro atoms. The average Bonchev–Trinajstić information content (AvgIpc) is 2.46. The summed E-state index contributed by atoms with van der Waals surface area (Å²) in [6.45, 7) is -0.00235. The van der Waals surface area contributed by atoms with Crippen LogP contribution < -0.4 is 0 Å². The van der Waals surface area contributed by atoms with Crippen molar-refractivity contribution in [1.29, 1.82) is 0 Å². The van der Waals surface area contributed by atoms with E-state index in [1.54, 1.807) is 19.0 Å². The summed E-state index contributed by atoms with van der Waals surface area (Å²) in [5.74, 6) is -0.0231. The summed E-state index contributed by atoms with van der Waals surface area (Å²) < 4.78 is 0. The van der Waals surface area contributed by atoms with E-state index in [1.165, 1.54) is 0 Å². The van der Waals surface area contributed by atoms with Crippen molar-refractivity contribution in [2.45, 2.75) is 6.61 Å². The number of aliphatic hydroxyl groups is 1. The van der Waals surface area contributed by atoms with Gasteiger partial charge in [-0.25, -0.2) is 0 Å². The van der Waals surface area contributed by atoms with Crippen LogP contribution in [0.15, 0.2) is 48.5 Å². The minimum absolute atomic E-state index is 0.00235. The molecule has 2 rings (SSSR count). The normalized spacial score (nSPS) is 10.3. The lowest BCUT2D eigenvalue weighted by Gasteiger charge is -2.14. The quantitative estimate of drug-likeness (QED) is 0.915. The van der Waals surface area contributed by atoms with Gasteiger partial charge in [0.1, 0.15) is 0 Å². The van der Waals surface area contributed by atoms with Gasteiger partial charge < -0.3 is 10.0 Å². The van der Waals surface area contributed by atoms with Crippen LogP contribution in [-0.4, -0.2) is 30.0 Å². The molecular formula is C16H17NO2. The number of carbonyl (C=O) groups is 1. The van der Waals surface area contributed by atoms with E-state index in [9.17, 15) is 9.90 Å². The van der Waals surface area contributed by atoms with Gasteiger partial charge in [-0.3, -0.25) is 4.79 Å². The topological polar surface area (TPSA) is 40.5 Å². The molecule has 1 amide bonds. The number of carbonyl (C=O) groups excluding carboxylic acids is 1. The Hall–Kier alpha value is -2.13. The first-order valence-corrected chi connectivity index (χ1v) is 6.14. The molecule has 0 radical (unpaired) electrons. The molecule has 0 heterocycles. The molecule has 19 heavy (non-hydrogen) atoms. The van der Waals surface area contributed by atoms with Crippen molar-refractivity contribution in [3.63, 3.8) is 0 Å². The van der Waals surface area contributed by atoms with E-state index in [-0.39, 0.29) is 12.5 Å². The Morgan fingerprint density at radius 1 is 1.11 bits per heavy atom. The van der Waals surface area contributed by atoms with Gasteiger partial charge in [-0.2, -0.15) is 0 Å². The highest BCUT2D eigenvalue weighted by Gasteiger charge is 2.13. The SMILES string of the molecule is CN(C)C(=O)c1ccccc1-c1cccc(CO)c1. The molecule has 3 heteroatoms. The third-order valence-electron chi connectivity index (χ3n) is 2.98. The summed E-state index contributed by atoms with van der Waals surface area (Å²) in [6, 6.07) is 15.1. The molecule has 0 bridgehead atoms. The van der Waals surface area contributed by atoms with E-state index in [0.717, 1.165) is 16.7 Å². The predicted molar refractivity (Wildman–Crippen MR) is 75.8 cm³/mol. The number of rotatable bonds is 3. The number of amides is 1. The highest BCUT2D eigenvalue weighted by atomic mass is 16.3. The predicted octanol–water partition coefficient (Wildman–Crippen LogP) is 2.55. The van der Waals surface area contributed by atoms with Crippen LogP contribution in [0.4, 0.5) is 0 Å². The number of nitrogens with zero attached hydrogens (tertiary/aromatic N) is 1. The molecular weight excluding hydrogens is 238 g/mol. The first-order valence-electron chi connectivity index (χ1n) is 6.14. The van der Waals surface area contributed by atoms with Crippen molar-refractivity contribution in [1.82, 2.24) is 4.90 Å². The van der Waals surface area contributed by atoms with E-state index in [1.807, 2.05) is 48.5 Å². The standard InChI is InChI=1S/C16H17NO2/c1-17(2)16(19)15-9-4-3-8-14(15)13-7-5-6-12(10-13)11-18/h3-10,18H,11H2,1-2H3. The highest BCUT2D eigenvalue weighted by molar-refractivity contribution is 6.00. The summed E-state index contributed by atoms with van der Waals surface area (Å²) in [7, 11) is 3.48. The van der Waals surface area contributed by atoms with Gasteiger partial charge in [0.25, 0.3) is 5.91 Å². The first kappa shape index (κ1) is 13.3. The van der Waals surface area contributed by atoms with E-state index < -0.39 is 0 Å². The van der Waals surface area contributed by atoms with E-state index in [2.05, 4.69) is 0 Å². The van der Waals surface area contributed by atoms with Gasteiger partial charge in [0.2, 0.25) is 0 Å². The van der Waals surface area contributed by atoms with Gasteiger partial charge in [0.15, 0.2) is 0 Å². The zero-order chi connectivity index (χ0) is 13.8. The van der Waals surface area contributed by atoms with Crippen LogP contribution in [0.3, 0.4) is 0 Å². The van der Waals surface area contributed by atoms with Crippen molar-refractivity contribution < 1.29 is 9.90 Å². The molecule has 0 fully saturated rings. The number of aliphatic hydroxyl groups excluding tert-OH is 1. The Balaban J connectivity index is 2.53. The van der Waals surface area contributed by atoms with Crippen LogP contribution in [0.25, 0.3) is 11.1 Å². The van der Waals surface area contributed by atoms with Crippen LogP contribution in [0.1, 0.15) is 15.9 Å². The van der Waals surface area contributed by atoms with Crippen LogP contribution in [0.5, 0.6) is 0 Å². The molecule has 2 aromatic rings. The average molecular weight is 255 g/mol.